The van der Waals surface area contributed by atoms with Gasteiger partial charge < -0.3 is 4.57 Å². The molecular weight excluding hydrogens is 246 g/mol. The zero-order valence-electron chi connectivity index (χ0n) is 10.4. The van der Waals surface area contributed by atoms with E-state index < -0.39 is 0 Å². The lowest BCUT2D eigenvalue weighted by Crippen LogP contribution is -2.02. The van der Waals surface area contributed by atoms with E-state index in [1.165, 1.54) is 5.56 Å². The Morgan fingerprint density at radius 2 is 2.17 bits per heavy atom. The van der Waals surface area contributed by atoms with Gasteiger partial charge in [0.05, 0.1) is 5.69 Å². The van der Waals surface area contributed by atoms with Gasteiger partial charge >= 0.3 is 0 Å². The van der Waals surface area contributed by atoms with Crippen LogP contribution in [-0.4, -0.2) is 9.55 Å². The van der Waals surface area contributed by atoms with Crippen LogP contribution < -0.4 is 0 Å². The molecular formula is C14H14ClN3. The largest absolute Gasteiger partial charge is 0.334 e. The minimum atomic E-state index is 0.525. The molecule has 0 aliphatic heterocycles. The first-order valence-corrected chi connectivity index (χ1v) is 6.16. The van der Waals surface area contributed by atoms with Gasteiger partial charge in [-0.2, -0.15) is 5.26 Å². The molecule has 4 heteroatoms. The lowest BCUT2D eigenvalue weighted by Gasteiger charge is -2.05. The Morgan fingerprint density at radius 3 is 2.83 bits per heavy atom. The fourth-order valence-electron chi connectivity index (χ4n) is 1.99. The number of nitrogens with zero attached hydrogens (tertiary/aromatic N) is 3. The lowest BCUT2D eigenvalue weighted by atomic mass is 10.1. The summed E-state index contributed by atoms with van der Waals surface area (Å²) in [5.41, 5.74) is 2.68. The van der Waals surface area contributed by atoms with Crippen LogP contribution in [0, 0.1) is 18.3 Å². The van der Waals surface area contributed by atoms with Crippen LogP contribution in [0.5, 0.6) is 0 Å². The molecule has 0 saturated carbocycles. The number of halogens is 1. The van der Waals surface area contributed by atoms with E-state index in [1.807, 2.05) is 42.8 Å². The van der Waals surface area contributed by atoms with Crippen LogP contribution in [0.25, 0.3) is 0 Å². The number of aryl methyl sites for hydroxylation is 2. The Hall–Kier alpha value is -1.79. The van der Waals surface area contributed by atoms with Gasteiger partial charge in [-0.1, -0.05) is 23.7 Å². The summed E-state index contributed by atoms with van der Waals surface area (Å²) < 4.78 is 1.98. The highest BCUT2D eigenvalue weighted by Crippen LogP contribution is 2.15. The van der Waals surface area contributed by atoms with Gasteiger partial charge in [-0.05, 0) is 37.5 Å². The Labute approximate surface area is 112 Å². The predicted molar refractivity (Wildman–Crippen MR) is 71.5 cm³/mol. The molecule has 2 rings (SSSR count). The predicted octanol–water partition coefficient (Wildman–Crippen LogP) is 3.04. The molecule has 0 aliphatic rings. The average Bonchev–Trinajstić information content (AvgIpc) is 2.63. The van der Waals surface area contributed by atoms with E-state index in [0.717, 1.165) is 29.4 Å². The normalized spacial score (nSPS) is 10.3. The third-order valence-corrected chi connectivity index (χ3v) is 3.32. The van der Waals surface area contributed by atoms with E-state index in [2.05, 4.69) is 11.1 Å². The van der Waals surface area contributed by atoms with Gasteiger partial charge in [0.25, 0.3) is 0 Å². The number of aromatic nitrogens is 2. The SMILES string of the molecule is Cc1nc(C#N)c(CCc2cccc(Cl)c2)n1C. The van der Waals surface area contributed by atoms with Crippen molar-refractivity contribution in [3.05, 3.63) is 52.1 Å². The smallest absolute Gasteiger partial charge is 0.161 e. The monoisotopic (exact) mass is 259 g/mol. The molecule has 0 radical (unpaired) electrons. The standard InChI is InChI=1S/C14H14ClN3/c1-10-17-13(9-16)14(18(10)2)7-6-11-4-3-5-12(15)8-11/h3-5,8H,6-7H2,1-2H3. The third kappa shape index (κ3) is 2.55. The highest BCUT2D eigenvalue weighted by molar-refractivity contribution is 6.30. The molecule has 92 valence electrons. The number of hydrogen-bond acceptors (Lipinski definition) is 2. The van der Waals surface area contributed by atoms with Crippen molar-refractivity contribution in [1.29, 1.82) is 5.26 Å². The summed E-state index contributed by atoms with van der Waals surface area (Å²) in [4.78, 5) is 4.23. The summed E-state index contributed by atoms with van der Waals surface area (Å²) in [5.74, 6) is 0.868. The minimum Gasteiger partial charge on any atom is -0.334 e. The van der Waals surface area contributed by atoms with Crippen molar-refractivity contribution in [2.24, 2.45) is 7.05 Å². The first kappa shape index (κ1) is 12.7. The second-order valence-electron chi connectivity index (χ2n) is 4.26. The molecule has 0 atom stereocenters. The highest BCUT2D eigenvalue weighted by atomic mass is 35.5. The molecule has 0 bridgehead atoms. The van der Waals surface area contributed by atoms with Crippen molar-refractivity contribution >= 4 is 11.6 Å². The first-order valence-electron chi connectivity index (χ1n) is 5.78. The fourth-order valence-corrected chi connectivity index (χ4v) is 2.20. The van der Waals surface area contributed by atoms with E-state index in [-0.39, 0.29) is 0 Å². The third-order valence-electron chi connectivity index (χ3n) is 3.08. The van der Waals surface area contributed by atoms with Crippen LogP contribution in [0.3, 0.4) is 0 Å². The molecule has 3 nitrogen and oxygen atoms in total. The van der Waals surface area contributed by atoms with Gasteiger partial charge in [0.15, 0.2) is 5.69 Å². The van der Waals surface area contributed by atoms with Crippen LogP contribution in [0.1, 0.15) is 22.8 Å². The summed E-state index contributed by atoms with van der Waals surface area (Å²) in [6.07, 6.45) is 1.65. The molecule has 0 unspecified atom stereocenters. The van der Waals surface area contributed by atoms with E-state index in [0.29, 0.717) is 5.69 Å². The second kappa shape index (κ2) is 5.24. The molecule has 1 heterocycles. The molecule has 1 aromatic heterocycles. The van der Waals surface area contributed by atoms with Crippen LogP contribution in [0.2, 0.25) is 5.02 Å². The second-order valence-corrected chi connectivity index (χ2v) is 4.69. The van der Waals surface area contributed by atoms with Gasteiger partial charge in [0.2, 0.25) is 0 Å². The molecule has 2 aromatic rings. The van der Waals surface area contributed by atoms with E-state index in [4.69, 9.17) is 16.9 Å². The molecule has 18 heavy (non-hydrogen) atoms. The molecule has 0 spiro atoms. The number of rotatable bonds is 3. The van der Waals surface area contributed by atoms with Crippen molar-refractivity contribution in [2.75, 3.05) is 0 Å². The first-order chi connectivity index (χ1) is 8.61. The number of hydrogen-bond donors (Lipinski definition) is 0. The Bertz CT molecular complexity index is 608. The van der Waals surface area contributed by atoms with Crippen LogP contribution in [-0.2, 0) is 19.9 Å². The van der Waals surface area contributed by atoms with Gasteiger partial charge in [-0.3, -0.25) is 0 Å². The van der Waals surface area contributed by atoms with Gasteiger partial charge in [0, 0.05) is 12.1 Å². The maximum absolute atomic E-state index is 9.05. The van der Waals surface area contributed by atoms with E-state index >= 15 is 0 Å². The van der Waals surface area contributed by atoms with Crippen LogP contribution >= 0.6 is 11.6 Å². The Morgan fingerprint density at radius 1 is 1.39 bits per heavy atom. The molecule has 0 amide bonds. The number of imidazole rings is 1. The number of benzene rings is 1. The summed E-state index contributed by atoms with van der Waals surface area (Å²) in [5, 5.41) is 9.80. The molecule has 0 fully saturated rings. The van der Waals surface area contributed by atoms with Crippen LogP contribution in [0.15, 0.2) is 24.3 Å². The van der Waals surface area contributed by atoms with Crippen molar-refractivity contribution in [1.82, 2.24) is 9.55 Å². The summed E-state index contributed by atoms with van der Waals surface area (Å²) >= 11 is 5.95. The summed E-state index contributed by atoms with van der Waals surface area (Å²) in [6, 6.07) is 9.95. The molecule has 0 N–H and O–H groups in total. The maximum Gasteiger partial charge on any atom is 0.161 e. The van der Waals surface area contributed by atoms with E-state index in [9.17, 15) is 0 Å². The highest BCUT2D eigenvalue weighted by Gasteiger charge is 2.11. The average molecular weight is 260 g/mol. The Balaban J connectivity index is 2.18. The quantitative estimate of drug-likeness (QED) is 0.850. The van der Waals surface area contributed by atoms with Gasteiger partial charge in [-0.15, -0.1) is 0 Å². The lowest BCUT2D eigenvalue weighted by molar-refractivity contribution is 0.771. The zero-order chi connectivity index (χ0) is 13.1. The minimum absolute atomic E-state index is 0.525. The molecule has 1 aromatic carbocycles. The molecule has 0 saturated heterocycles. The Kier molecular flexibility index (Phi) is 3.69. The zero-order valence-corrected chi connectivity index (χ0v) is 11.2. The van der Waals surface area contributed by atoms with Crippen molar-refractivity contribution in [3.8, 4) is 6.07 Å². The molecule has 0 aliphatic carbocycles. The van der Waals surface area contributed by atoms with Crippen molar-refractivity contribution < 1.29 is 0 Å². The topological polar surface area (TPSA) is 41.6 Å². The van der Waals surface area contributed by atoms with Crippen molar-refractivity contribution in [3.63, 3.8) is 0 Å². The summed E-state index contributed by atoms with van der Waals surface area (Å²) in [6.45, 7) is 1.91. The van der Waals surface area contributed by atoms with Crippen LogP contribution in [0.4, 0.5) is 0 Å². The van der Waals surface area contributed by atoms with Gasteiger partial charge in [0.1, 0.15) is 11.9 Å². The van der Waals surface area contributed by atoms with Gasteiger partial charge in [-0.25, -0.2) is 4.98 Å². The van der Waals surface area contributed by atoms with E-state index in [1.54, 1.807) is 0 Å². The maximum atomic E-state index is 9.05. The van der Waals surface area contributed by atoms with Crippen molar-refractivity contribution in [2.45, 2.75) is 19.8 Å². The fraction of sp³-hybridized carbons (Fsp3) is 0.286. The summed E-state index contributed by atoms with van der Waals surface area (Å²) in [7, 11) is 1.94. The number of nitriles is 1.